The Labute approximate surface area is 65.5 Å². The summed E-state index contributed by atoms with van der Waals surface area (Å²) in [5.74, 6) is 0.704. The SMILES string of the molecule is CN=COc1cccc(N)c1. The molecule has 0 bridgehead atoms. The second kappa shape index (κ2) is 3.61. The molecule has 0 atom stereocenters. The van der Waals surface area contributed by atoms with Crippen LogP contribution in [-0.2, 0) is 0 Å². The van der Waals surface area contributed by atoms with Gasteiger partial charge in [0.15, 0.2) is 6.40 Å². The molecule has 0 spiro atoms. The standard InChI is InChI=1S/C8H10N2O/c1-10-6-11-8-4-2-3-7(9)5-8/h2-6H,9H2,1H3. The summed E-state index contributed by atoms with van der Waals surface area (Å²) in [6.45, 7) is 0. The maximum Gasteiger partial charge on any atom is 0.176 e. The maximum absolute atomic E-state index is 5.51. The highest BCUT2D eigenvalue weighted by Gasteiger charge is 1.89. The van der Waals surface area contributed by atoms with Gasteiger partial charge in [-0.2, -0.15) is 0 Å². The molecule has 1 aromatic rings. The fourth-order valence-corrected chi connectivity index (χ4v) is 0.701. The van der Waals surface area contributed by atoms with Crippen molar-refractivity contribution in [3.63, 3.8) is 0 Å². The van der Waals surface area contributed by atoms with Crippen LogP contribution in [0.4, 0.5) is 5.69 Å². The van der Waals surface area contributed by atoms with Gasteiger partial charge in [0.25, 0.3) is 0 Å². The van der Waals surface area contributed by atoms with E-state index < -0.39 is 0 Å². The van der Waals surface area contributed by atoms with Crippen molar-refractivity contribution >= 4 is 12.1 Å². The zero-order valence-corrected chi connectivity index (χ0v) is 6.32. The molecular formula is C8H10N2O. The lowest BCUT2D eigenvalue weighted by molar-refractivity contribution is 0.573. The lowest BCUT2D eigenvalue weighted by Crippen LogP contribution is -1.90. The molecule has 0 unspecified atom stereocenters. The molecule has 58 valence electrons. The Morgan fingerprint density at radius 3 is 3.00 bits per heavy atom. The smallest absolute Gasteiger partial charge is 0.176 e. The van der Waals surface area contributed by atoms with Crippen molar-refractivity contribution in [2.45, 2.75) is 0 Å². The summed E-state index contributed by atoms with van der Waals surface area (Å²) in [5.41, 5.74) is 6.19. The van der Waals surface area contributed by atoms with Crippen LogP contribution >= 0.6 is 0 Å². The van der Waals surface area contributed by atoms with Crippen molar-refractivity contribution < 1.29 is 4.74 Å². The van der Waals surface area contributed by atoms with Crippen LogP contribution in [0.1, 0.15) is 0 Å². The van der Waals surface area contributed by atoms with Crippen molar-refractivity contribution in [3.8, 4) is 5.75 Å². The molecule has 0 aliphatic rings. The Hall–Kier alpha value is -1.51. The van der Waals surface area contributed by atoms with E-state index in [-0.39, 0.29) is 0 Å². The minimum atomic E-state index is 0.687. The predicted octanol–water partition coefficient (Wildman–Crippen LogP) is 1.31. The zero-order valence-electron chi connectivity index (χ0n) is 6.32. The molecule has 0 aromatic heterocycles. The van der Waals surface area contributed by atoms with Gasteiger partial charge in [-0.25, -0.2) is 0 Å². The van der Waals surface area contributed by atoms with E-state index in [1.807, 2.05) is 12.1 Å². The molecule has 0 aliphatic carbocycles. The van der Waals surface area contributed by atoms with Crippen LogP contribution in [0.3, 0.4) is 0 Å². The van der Waals surface area contributed by atoms with Gasteiger partial charge >= 0.3 is 0 Å². The van der Waals surface area contributed by atoms with E-state index in [0.29, 0.717) is 11.4 Å². The van der Waals surface area contributed by atoms with E-state index in [4.69, 9.17) is 10.5 Å². The van der Waals surface area contributed by atoms with Crippen LogP contribution in [0, 0.1) is 0 Å². The van der Waals surface area contributed by atoms with Gasteiger partial charge in [0.1, 0.15) is 5.75 Å². The van der Waals surface area contributed by atoms with E-state index in [9.17, 15) is 0 Å². The first-order chi connectivity index (χ1) is 5.33. The molecule has 0 radical (unpaired) electrons. The number of hydrogen-bond acceptors (Lipinski definition) is 3. The van der Waals surface area contributed by atoms with Crippen LogP contribution in [0.5, 0.6) is 5.75 Å². The van der Waals surface area contributed by atoms with Crippen molar-refractivity contribution in [1.82, 2.24) is 0 Å². The monoisotopic (exact) mass is 150 g/mol. The minimum Gasteiger partial charge on any atom is -0.446 e. The second-order valence-electron chi connectivity index (χ2n) is 2.05. The third-order valence-electron chi connectivity index (χ3n) is 1.15. The zero-order chi connectivity index (χ0) is 8.10. The van der Waals surface area contributed by atoms with Gasteiger partial charge in [0.2, 0.25) is 0 Å². The number of nitrogens with zero attached hydrogens (tertiary/aromatic N) is 1. The summed E-state index contributed by atoms with van der Waals surface area (Å²) in [6.07, 6.45) is 1.37. The first kappa shape index (κ1) is 7.60. The van der Waals surface area contributed by atoms with E-state index >= 15 is 0 Å². The molecule has 1 rings (SSSR count). The Morgan fingerprint density at radius 1 is 1.55 bits per heavy atom. The summed E-state index contributed by atoms with van der Waals surface area (Å²) in [7, 11) is 1.65. The Bertz CT molecular complexity index is 258. The number of benzene rings is 1. The average molecular weight is 150 g/mol. The third-order valence-corrected chi connectivity index (χ3v) is 1.15. The molecule has 0 aliphatic heterocycles. The minimum absolute atomic E-state index is 0.687. The highest BCUT2D eigenvalue weighted by atomic mass is 16.5. The number of hydrogen-bond donors (Lipinski definition) is 1. The number of anilines is 1. The number of ether oxygens (including phenoxy) is 1. The van der Waals surface area contributed by atoms with Crippen LogP contribution in [0.25, 0.3) is 0 Å². The molecule has 3 nitrogen and oxygen atoms in total. The van der Waals surface area contributed by atoms with Crippen molar-refractivity contribution in [3.05, 3.63) is 24.3 Å². The topological polar surface area (TPSA) is 47.6 Å². The predicted molar refractivity (Wildman–Crippen MR) is 45.9 cm³/mol. The van der Waals surface area contributed by atoms with Crippen LogP contribution in [-0.4, -0.2) is 13.4 Å². The van der Waals surface area contributed by atoms with E-state index in [2.05, 4.69) is 4.99 Å². The van der Waals surface area contributed by atoms with Gasteiger partial charge < -0.3 is 10.5 Å². The summed E-state index contributed by atoms with van der Waals surface area (Å²) < 4.78 is 5.06. The molecule has 11 heavy (non-hydrogen) atoms. The van der Waals surface area contributed by atoms with Crippen LogP contribution in [0.15, 0.2) is 29.3 Å². The summed E-state index contributed by atoms with van der Waals surface area (Å²) in [4.78, 5) is 3.67. The summed E-state index contributed by atoms with van der Waals surface area (Å²) in [6, 6.07) is 7.18. The molecule has 0 fully saturated rings. The Morgan fingerprint density at radius 2 is 2.36 bits per heavy atom. The van der Waals surface area contributed by atoms with Crippen molar-refractivity contribution in [2.24, 2.45) is 4.99 Å². The molecule has 2 N–H and O–H groups in total. The first-order valence-corrected chi connectivity index (χ1v) is 3.26. The van der Waals surface area contributed by atoms with Crippen LogP contribution < -0.4 is 10.5 Å². The number of nitrogens with two attached hydrogens (primary N) is 1. The average Bonchev–Trinajstić information content (AvgIpc) is 2.01. The van der Waals surface area contributed by atoms with E-state index in [1.165, 1.54) is 6.40 Å². The van der Waals surface area contributed by atoms with Gasteiger partial charge in [-0.3, -0.25) is 4.99 Å². The summed E-state index contributed by atoms with van der Waals surface area (Å²) in [5, 5.41) is 0. The number of nitrogen functional groups attached to an aromatic ring is 1. The molecular weight excluding hydrogens is 140 g/mol. The van der Waals surface area contributed by atoms with E-state index in [1.54, 1.807) is 19.2 Å². The number of aliphatic imine (C=N–C) groups is 1. The highest BCUT2D eigenvalue weighted by molar-refractivity contribution is 5.54. The maximum atomic E-state index is 5.51. The molecule has 0 saturated heterocycles. The number of rotatable bonds is 2. The molecule has 0 amide bonds. The summed E-state index contributed by atoms with van der Waals surface area (Å²) >= 11 is 0. The largest absolute Gasteiger partial charge is 0.446 e. The highest BCUT2D eigenvalue weighted by Crippen LogP contribution is 2.13. The van der Waals surface area contributed by atoms with Crippen molar-refractivity contribution in [1.29, 1.82) is 0 Å². The van der Waals surface area contributed by atoms with Gasteiger partial charge in [-0.15, -0.1) is 0 Å². The molecule has 0 saturated carbocycles. The van der Waals surface area contributed by atoms with Gasteiger partial charge in [-0.1, -0.05) is 6.07 Å². The lowest BCUT2D eigenvalue weighted by Gasteiger charge is -1.98. The Kier molecular flexibility index (Phi) is 2.49. The van der Waals surface area contributed by atoms with Crippen molar-refractivity contribution in [2.75, 3.05) is 12.8 Å². The fraction of sp³-hybridized carbons (Fsp3) is 0.125. The second-order valence-corrected chi connectivity index (χ2v) is 2.05. The van der Waals surface area contributed by atoms with Gasteiger partial charge in [0, 0.05) is 18.8 Å². The third kappa shape index (κ3) is 2.29. The van der Waals surface area contributed by atoms with E-state index in [0.717, 1.165) is 0 Å². The molecule has 3 heteroatoms. The molecule has 0 heterocycles. The quantitative estimate of drug-likeness (QED) is 0.392. The molecule has 1 aromatic carbocycles. The van der Waals surface area contributed by atoms with Crippen LogP contribution in [0.2, 0.25) is 0 Å². The lowest BCUT2D eigenvalue weighted by atomic mass is 10.3. The first-order valence-electron chi connectivity index (χ1n) is 3.26. The normalized spacial score (nSPS) is 10.3. The fourth-order valence-electron chi connectivity index (χ4n) is 0.701. The van der Waals surface area contributed by atoms with Gasteiger partial charge in [-0.05, 0) is 12.1 Å². The Balaban J connectivity index is 2.71. The van der Waals surface area contributed by atoms with Gasteiger partial charge in [0.05, 0.1) is 0 Å².